The summed E-state index contributed by atoms with van der Waals surface area (Å²) in [4.78, 5) is 62.2. The molecule has 0 radical (unpaired) electrons. The molecule has 16 nitrogen and oxygen atoms in total. The second-order valence-corrected chi connectivity index (χ2v) is 18.4. The lowest BCUT2D eigenvalue weighted by molar-refractivity contribution is -0.141. The van der Waals surface area contributed by atoms with Crippen LogP contribution in [0, 0.1) is 5.92 Å². The van der Waals surface area contributed by atoms with E-state index in [9.17, 15) is 27.6 Å². The highest BCUT2D eigenvalue weighted by Crippen LogP contribution is 2.46. The molecule has 302 valence electrons. The minimum absolute atomic E-state index is 0.00992. The summed E-state index contributed by atoms with van der Waals surface area (Å²) in [5, 5.41) is 10.5. The van der Waals surface area contributed by atoms with Crippen LogP contribution in [0.2, 0.25) is 0 Å². The van der Waals surface area contributed by atoms with Crippen molar-refractivity contribution in [3.63, 3.8) is 0 Å². The van der Waals surface area contributed by atoms with Gasteiger partial charge in [0.15, 0.2) is 11.4 Å². The van der Waals surface area contributed by atoms with Gasteiger partial charge in [-0.05, 0) is 83.6 Å². The minimum atomic E-state index is -3.91. The first kappa shape index (κ1) is 38.4. The number of alkyl carbamates (subject to hydrolysis) is 1. The maximum atomic E-state index is 14.6. The number of carbonyl (C=O) groups excluding carboxylic acids is 4. The predicted octanol–water partition coefficient (Wildman–Crippen LogP) is 4.39. The number of hydrogen-bond donors (Lipinski definition) is 3. The van der Waals surface area contributed by atoms with E-state index in [1.165, 1.54) is 4.90 Å². The van der Waals surface area contributed by atoms with Gasteiger partial charge in [-0.1, -0.05) is 37.1 Å². The van der Waals surface area contributed by atoms with Crippen molar-refractivity contribution in [1.29, 1.82) is 0 Å². The zero-order valence-corrected chi connectivity index (χ0v) is 32.9. The van der Waals surface area contributed by atoms with Gasteiger partial charge in [-0.3, -0.25) is 19.1 Å². The summed E-state index contributed by atoms with van der Waals surface area (Å²) in [7, 11) is -3.91. The fraction of sp³-hybridized carbons (Fsp3) is 0.500. The van der Waals surface area contributed by atoms with E-state index in [2.05, 4.69) is 15.4 Å². The summed E-state index contributed by atoms with van der Waals surface area (Å²) in [5.74, 6) is -1.61. The molecule has 4 amide bonds. The van der Waals surface area contributed by atoms with Crippen LogP contribution in [0.1, 0.15) is 78.6 Å². The summed E-state index contributed by atoms with van der Waals surface area (Å²) in [5.41, 5.74) is -0.671. The van der Waals surface area contributed by atoms with Gasteiger partial charge < -0.3 is 29.4 Å². The van der Waals surface area contributed by atoms with E-state index < -0.39 is 74.3 Å². The normalized spacial score (nSPS) is 25.8. The molecule has 2 aliphatic heterocycles. The first-order valence-electron chi connectivity index (χ1n) is 19.5. The van der Waals surface area contributed by atoms with Gasteiger partial charge >= 0.3 is 6.09 Å². The lowest BCUT2D eigenvalue weighted by atomic mass is 10.0. The molecule has 3 aromatic heterocycles. The quantitative estimate of drug-likeness (QED) is 0.224. The van der Waals surface area contributed by atoms with Crippen molar-refractivity contribution in [3.8, 4) is 17.3 Å². The number of aromatic nitrogens is 3. The zero-order chi connectivity index (χ0) is 40.1. The number of nitrogens with one attached hydrogen (secondary N) is 3. The van der Waals surface area contributed by atoms with E-state index in [1.807, 2.05) is 36.4 Å². The lowest BCUT2D eigenvalue weighted by Crippen LogP contribution is -2.58. The summed E-state index contributed by atoms with van der Waals surface area (Å²) < 4.78 is 47.4. The van der Waals surface area contributed by atoms with Crippen molar-refractivity contribution in [2.75, 3.05) is 6.54 Å². The number of rotatable bonds is 7. The molecular formula is C40H47N7O9S. The van der Waals surface area contributed by atoms with Crippen LogP contribution in [-0.4, -0.2) is 92.9 Å². The van der Waals surface area contributed by atoms with Crippen LogP contribution in [0.3, 0.4) is 0 Å². The number of ether oxygens (including phenoxy) is 2. The Morgan fingerprint density at radius 1 is 1.05 bits per heavy atom. The molecule has 8 rings (SSSR count). The third kappa shape index (κ3) is 8.06. The van der Waals surface area contributed by atoms with E-state index >= 15 is 0 Å². The van der Waals surface area contributed by atoms with Crippen molar-refractivity contribution in [1.82, 2.24) is 34.9 Å². The first-order valence-corrected chi connectivity index (χ1v) is 21.1. The standard InChI is InChI=1S/C40H47N7O9S/c1-39(2,3)56-38(51)42-29-15-8-6-4-5-7-12-24-22-40(24,37(50)45-57(52,53)26-17-18-26)43-35(48)31-20-25(23-46(31)36(29)49)55-33-21-30(32-16-11-19-54-32)41-34-27-13-9-10-14-28(27)44-47(33)34/h7,9-14,16,19,21,24-26,29,31H,4-6,8,15,17-18,20,22-23H2,1-3H3,(H,42,51)(H,43,48)(H,45,50)/t24-,25-,29+,31+,40-/m1/s1. The van der Waals surface area contributed by atoms with E-state index in [4.69, 9.17) is 24.0 Å². The van der Waals surface area contributed by atoms with Gasteiger partial charge in [-0.15, -0.1) is 0 Å². The lowest BCUT2D eigenvalue weighted by Gasteiger charge is -2.30. The summed E-state index contributed by atoms with van der Waals surface area (Å²) in [6.45, 7) is 5.13. The number of allylic oxidation sites excluding steroid dienone is 1. The van der Waals surface area contributed by atoms with Crippen LogP contribution in [0.4, 0.5) is 4.79 Å². The van der Waals surface area contributed by atoms with Gasteiger partial charge in [-0.2, -0.15) is 9.61 Å². The smallest absolute Gasteiger partial charge is 0.408 e. The minimum Gasteiger partial charge on any atom is -0.472 e. The highest BCUT2D eigenvalue weighted by Gasteiger charge is 2.62. The molecule has 4 aliphatic rings. The van der Waals surface area contributed by atoms with Gasteiger partial charge in [0.2, 0.25) is 27.7 Å². The largest absolute Gasteiger partial charge is 0.472 e. The number of fused-ring (bicyclic) bond motifs is 5. The number of benzene rings is 1. The number of hydrogen-bond acceptors (Lipinski definition) is 11. The highest BCUT2D eigenvalue weighted by atomic mass is 32.2. The molecule has 0 bridgehead atoms. The molecule has 57 heavy (non-hydrogen) atoms. The maximum Gasteiger partial charge on any atom is 0.408 e. The monoisotopic (exact) mass is 801 g/mol. The van der Waals surface area contributed by atoms with Gasteiger partial charge in [0.1, 0.15) is 35.0 Å². The molecule has 17 heteroatoms. The number of carbonyl (C=O) groups is 4. The Labute approximate surface area is 329 Å². The van der Waals surface area contributed by atoms with Crippen molar-refractivity contribution < 1.29 is 41.5 Å². The summed E-state index contributed by atoms with van der Waals surface area (Å²) in [6.07, 6.45) is 8.07. The molecule has 1 saturated heterocycles. The highest BCUT2D eigenvalue weighted by molar-refractivity contribution is 7.91. The Bertz CT molecular complexity index is 2350. The number of amides is 4. The van der Waals surface area contributed by atoms with Crippen LogP contribution < -0.4 is 20.1 Å². The second-order valence-electron chi connectivity index (χ2n) is 16.4. The molecule has 5 atom stereocenters. The van der Waals surface area contributed by atoms with Crippen molar-refractivity contribution in [2.45, 2.75) is 113 Å². The SMILES string of the molecule is CC(C)(C)OC(=O)N[C@H]1CCCCCC=C[C@@H]2C[C@@]2(C(=O)NS(=O)(=O)C2CC2)NC(=O)[C@@H]2C[C@@H](Oc3cc(-c4ccco4)nc4c5ccccc5nn34)CN2C1=O. The van der Waals surface area contributed by atoms with E-state index in [1.54, 1.807) is 49.7 Å². The third-order valence-electron chi connectivity index (χ3n) is 10.8. The Hall–Kier alpha value is -5.45. The van der Waals surface area contributed by atoms with Gasteiger partial charge in [0.25, 0.3) is 5.91 Å². The first-order chi connectivity index (χ1) is 27.2. The number of nitrogens with zero attached hydrogens (tertiary/aromatic N) is 4. The predicted molar refractivity (Wildman–Crippen MR) is 207 cm³/mol. The molecule has 4 aromatic rings. The third-order valence-corrected chi connectivity index (χ3v) is 12.7. The van der Waals surface area contributed by atoms with Crippen molar-refractivity contribution in [3.05, 3.63) is 60.9 Å². The van der Waals surface area contributed by atoms with Crippen LogP contribution in [-0.2, 0) is 29.1 Å². The van der Waals surface area contributed by atoms with Gasteiger partial charge in [0.05, 0.1) is 23.6 Å². The second kappa shape index (κ2) is 14.8. The maximum absolute atomic E-state index is 14.6. The molecule has 5 heterocycles. The zero-order valence-electron chi connectivity index (χ0n) is 32.1. The molecule has 2 saturated carbocycles. The van der Waals surface area contributed by atoms with Gasteiger partial charge in [0, 0.05) is 23.8 Å². The summed E-state index contributed by atoms with van der Waals surface area (Å²) >= 11 is 0. The fourth-order valence-corrected chi connectivity index (χ4v) is 9.07. The van der Waals surface area contributed by atoms with E-state index in [0.717, 1.165) is 18.2 Å². The molecule has 3 N–H and O–H groups in total. The van der Waals surface area contributed by atoms with Crippen LogP contribution in [0.25, 0.3) is 28.0 Å². The fourth-order valence-electron chi connectivity index (χ4n) is 7.71. The Balaban J connectivity index is 1.14. The van der Waals surface area contributed by atoms with E-state index in [0.29, 0.717) is 60.6 Å². The van der Waals surface area contributed by atoms with E-state index in [-0.39, 0.29) is 19.4 Å². The molecular weight excluding hydrogens is 755 g/mol. The number of furan rings is 1. The van der Waals surface area contributed by atoms with Gasteiger partial charge in [-0.25, -0.2) is 18.2 Å². The molecule has 2 aliphatic carbocycles. The van der Waals surface area contributed by atoms with Crippen LogP contribution in [0.15, 0.2) is 65.3 Å². The Kier molecular flexibility index (Phi) is 9.98. The Morgan fingerprint density at radius 2 is 1.86 bits per heavy atom. The van der Waals surface area contributed by atoms with Crippen molar-refractivity contribution in [2.24, 2.45) is 5.92 Å². The average Bonchev–Trinajstić information content (AvgIpc) is 3.94. The summed E-state index contributed by atoms with van der Waals surface area (Å²) in [6, 6.07) is 10.5. The molecule has 0 spiro atoms. The van der Waals surface area contributed by atoms with Crippen molar-refractivity contribution >= 4 is 50.4 Å². The molecule has 0 unspecified atom stereocenters. The molecule has 3 fully saturated rings. The number of sulfonamides is 1. The van der Waals surface area contributed by atoms with Crippen LogP contribution >= 0.6 is 0 Å². The van der Waals surface area contributed by atoms with Crippen LogP contribution in [0.5, 0.6) is 5.88 Å². The topological polar surface area (TPSA) is 204 Å². The molecule has 1 aromatic carbocycles. The Morgan fingerprint density at radius 3 is 2.61 bits per heavy atom. The average molecular weight is 802 g/mol.